The molecule has 1 rings (SSSR count). The van der Waals surface area contributed by atoms with E-state index in [4.69, 9.17) is 5.73 Å². The van der Waals surface area contributed by atoms with Crippen LogP contribution < -0.4 is 5.73 Å². The largest absolute Gasteiger partial charge is 0.402 e. The second-order valence-electron chi connectivity index (χ2n) is 1.66. The zero-order valence-electron chi connectivity index (χ0n) is 3.62. The first-order chi connectivity index (χ1) is 3.10. The van der Waals surface area contributed by atoms with Crippen molar-refractivity contribution in [3.63, 3.8) is 0 Å². The van der Waals surface area contributed by atoms with E-state index in [2.05, 4.69) is 0 Å². The molecule has 0 saturated carbocycles. The SMILES string of the molecule is NC1=CC(F)(F)C1. The predicted octanol–water partition coefficient (Wildman–Crippen LogP) is 0.868. The Morgan fingerprint density at radius 2 is 2.14 bits per heavy atom. The summed E-state index contributed by atoms with van der Waals surface area (Å²) in [5.74, 6) is -2.59. The van der Waals surface area contributed by atoms with Crippen LogP contribution in [-0.2, 0) is 0 Å². The van der Waals surface area contributed by atoms with Crippen molar-refractivity contribution in [2.24, 2.45) is 5.73 Å². The van der Waals surface area contributed by atoms with Gasteiger partial charge in [0.25, 0.3) is 5.92 Å². The highest BCUT2D eigenvalue weighted by atomic mass is 19.3. The van der Waals surface area contributed by atoms with Crippen LogP contribution in [0.2, 0.25) is 0 Å². The monoisotopic (exact) mass is 105 g/mol. The molecule has 0 aromatic rings. The summed E-state index contributed by atoms with van der Waals surface area (Å²) in [4.78, 5) is 0. The van der Waals surface area contributed by atoms with E-state index in [0.717, 1.165) is 6.08 Å². The summed E-state index contributed by atoms with van der Waals surface area (Å²) < 4.78 is 23.3. The van der Waals surface area contributed by atoms with Gasteiger partial charge in [0, 0.05) is 11.8 Å². The van der Waals surface area contributed by atoms with E-state index in [0.29, 0.717) is 5.70 Å². The smallest absolute Gasteiger partial charge is 0.273 e. The molecular weight excluding hydrogens is 100 g/mol. The van der Waals surface area contributed by atoms with Gasteiger partial charge in [-0.3, -0.25) is 0 Å². The average Bonchev–Trinajstić information content (AvgIpc) is 1.27. The van der Waals surface area contributed by atoms with Gasteiger partial charge in [-0.1, -0.05) is 0 Å². The first-order valence-electron chi connectivity index (χ1n) is 1.95. The number of alkyl halides is 2. The summed E-state index contributed by atoms with van der Waals surface area (Å²) in [6.45, 7) is 0. The van der Waals surface area contributed by atoms with Crippen molar-refractivity contribution in [2.45, 2.75) is 12.3 Å². The summed E-state index contributed by atoms with van der Waals surface area (Å²) in [5, 5.41) is 0. The van der Waals surface area contributed by atoms with Crippen LogP contribution >= 0.6 is 0 Å². The molecule has 0 unspecified atom stereocenters. The maximum Gasteiger partial charge on any atom is 0.273 e. The molecule has 0 amide bonds. The second-order valence-corrected chi connectivity index (χ2v) is 1.66. The van der Waals surface area contributed by atoms with Crippen LogP contribution in [0, 0.1) is 0 Å². The maximum atomic E-state index is 11.6. The molecule has 0 fully saturated rings. The van der Waals surface area contributed by atoms with Crippen LogP contribution in [0.15, 0.2) is 11.8 Å². The Morgan fingerprint density at radius 3 is 2.14 bits per heavy atom. The van der Waals surface area contributed by atoms with Gasteiger partial charge in [0.1, 0.15) is 0 Å². The third-order valence-electron chi connectivity index (χ3n) is 0.836. The lowest BCUT2D eigenvalue weighted by Crippen LogP contribution is -2.27. The fourth-order valence-electron chi connectivity index (χ4n) is 0.514. The van der Waals surface area contributed by atoms with Gasteiger partial charge in [-0.25, -0.2) is 8.78 Å². The van der Waals surface area contributed by atoms with Gasteiger partial charge in [-0.2, -0.15) is 0 Å². The highest BCUT2D eigenvalue weighted by Gasteiger charge is 2.34. The Morgan fingerprint density at radius 1 is 1.71 bits per heavy atom. The third kappa shape index (κ3) is 0.706. The molecule has 0 radical (unpaired) electrons. The van der Waals surface area contributed by atoms with Crippen molar-refractivity contribution in [2.75, 3.05) is 0 Å². The normalized spacial score (nSPS) is 25.7. The minimum absolute atomic E-state index is 0.257. The van der Waals surface area contributed by atoms with Gasteiger partial charge >= 0.3 is 0 Å². The van der Waals surface area contributed by atoms with Crippen molar-refractivity contribution in [3.8, 4) is 0 Å². The lowest BCUT2D eigenvalue weighted by Gasteiger charge is -2.20. The van der Waals surface area contributed by atoms with Crippen LogP contribution in [0.4, 0.5) is 8.78 Å². The van der Waals surface area contributed by atoms with Gasteiger partial charge in [0.05, 0.1) is 6.42 Å². The summed E-state index contributed by atoms with van der Waals surface area (Å²) in [7, 11) is 0. The highest BCUT2D eigenvalue weighted by Crippen LogP contribution is 2.31. The zero-order chi connectivity index (χ0) is 5.49. The summed E-state index contributed by atoms with van der Waals surface area (Å²) >= 11 is 0. The van der Waals surface area contributed by atoms with E-state index in [9.17, 15) is 8.78 Å². The number of nitrogens with two attached hydrogens (primary N) is 1. The maximum absolute atomic E-state index is 11.6. The Hall–Kier alpha value is -0.600. The van der Waals surface area contributed by atoms with Crippen molar-refractivity contribution in [1.29, 1.82) is 0 Å². The Balaban J connectivity index is 2.60. The molecule has 0 aromatic carbocycles. The van der Waals surface area contributed by atoms with Crippen molar-refractivity contribution in [1.82, 2.24) is 0 Å². The molecule has 7 heavy (non-hydrogen) atoms. The van der Waals surface area contributed by atoms with Crippen molar-refractivity contribution in [3.05, 3.63) is 11.8 Å². The van der Waals surface area contributed by atoms with E-state index in [1.54, 1.807) is 0 Å². The fraction of sp³-hybridized carbons (Fsp3) is 0.500. The van der Waals surface area contributed by atoms with Crippen LogP contribution in [0.5, 0.6) is 0 Å². The molecule has 0 aliphatic heterocycles. The van der Waals surface area contributed by atoms with Gasteiger partial charge in [-0.05, 0) is 0 Å². The number of hydrogen-bond donors (Lipinski definition) is 1. The number of allylic oxidation sites excluding steroid dienone is 2. The van der Waals surface area contributed by atoms with E-state index < -0.39 is 5.92 Å². The molecule has 40 valence electrons. The molecule has 0 heterocycles. The average molecular weight is 105 g/mol. The number of rotatable bonds is 0. The molecule has 1 aliphatic rings. The van der Waals surface area contributed by atoms with Crippen LogP contribution in [0.3, 0.4) is 0 Å². The van der Waals surface area contributed by atoms with Crippen LogP contribution in [0.25, 0.3) is 0 Å². The fourth-order valence-corrected chi connectivity index (χ4v) is 0.514. The van der Waals surface area contributed by atoms with Crippen molar-refractivity contribution >= 4 is 0 Å². The molecule has 0 bridgehead atoms. The van der Waals surface area contributed by atoms with E-state index in [1.807, 2.05) is 0 Å². The van der Waals surface area contributed by atoms with Crippen LogP contribution in [0.1, 0.15) is 6.42 Å². The first kappa shape index (κ1) is 4.56. The molecule has 1 aliphatic carbocycles. The van der Waals surface area contributed by atoms with Crippen LogP contribution in [-0.4, -0.2) is 5.92 Å². The number of hydrogen-bond acceptors (Lipinski definition) is 1. The molecule has 0 spiro atoms. The molecule has 3 heteroatoms. The lowest BCUT2D eigenvalue weighted by atomic mass is 10.0. The van der Waals surface area contributed by atoms with E-state index in [1.165, 1.54) is 0 Å². The molecule has 2 N–H and O–H groups in total. The Bertz CT molecular complexity index is 117. The summed E-state index contributed by atoms with van der Waals surface area (Å²) in [6.07, 6.45) is 0.514. The van der Waals surface area contributed by atoms with Gasteiger partial charge in [0.15, 0.2) is 0 Å². The minimum Gasteiger partial charge on any atom is -0.402 e. The van der Waals surface area contributed by atoms with Gasteiger partial charge in [0.2, 0.25) is 0 Å². The van der Waals surface area contributed by atoms with Gasteiger partial charge in [-0.15, -0.1) is 0 Å². The third-order valence-corrected chi connectivity index (χ3v) is 0.836. The summed E-state index contributed by atoms with van der Waals surface area (Å²) in [6, 6.07) is 0. The van der Waals surface area contributed by atoms with E-state index in [-0.39, 0.29) is 6.42 Å². The highest BCUT2D eigenvalue weighted by molar-refractivity contribution is 5.18. The quantitative estimate of drug-likeness (QED) is 0.486. The molecular formula is C4H5F2N. The zero-order valence-corrected chi connectivity index (χ0v) is 3.62. The molecule has 1 nitrogen and oxygen atoms in total. The first-order valence-corrected chi connectivity index (χ1v) is 1.95. The van der Waals surface area contributed by atoms with Gasteiger partial charge < -0.3 is 5.73 Å². The standard InChI is InChI=1S/C4H5F2N/c5-4(6)1-3(7)2-4/h1H,2,7H2. The second kappa shape index (κ2) is 0.967. The van der Waals surface area contributed by atoms with Crippen molar-refractivity contribution < 1.29 is 8.78 Å². The molecule has 0 aromatic heterocycles. The topological polar surface area (TPSA) is 26.0 Å². The lowest BCUT2D eigenvalue weighted by molar-refractivity contribution is 0.0335. The Kier molecular flexibility index (Phi) is 0.629. The molecule has 0 saturated heterocycles. The van der Waals surface area contributed by atoms with E-state index >= 15 is 0 Å². The Labute approximate surface area is 39.8 Å². The number of halogens is 2. The molecule has 0 atom stereocenters. The summed E-state index contributed by atoms with van der Waals surface area (Å²) in [5.41, 5.74) is 5.23. The minimum atomic E-state index is -2.59. The predicted molar refractivity (Wildman–Crippen MR) is 21.8 cm³/mol.